The highest BCUT2D eigenvalue weighted by molar-refractivity contribution is 9.10. The zero-order valence-electron chi connectivity index (χ0n) is 11.7. The van der Waals surface area contributed by atoms with Crippen molar-refractivity contribution >= 4 is 26.7 Å². The molecule has 2 aromatic rings. The minimum absolute atomic E-state index is 0.00836. The largest absolute Gasteiger partial charge is 0.369 e. The van der Waals surface area contributed by atoms with E-state index in [1.54, 1.807) is 6.08 Å². The lowest BCUT2D eigenvalue weighted by Gasteiger charge is -2.21. The number of benzene rings is 2. The highest BCUT2D eigenvalue weighted by Gasteiger charge is 2.18. The molecule has 0 amide bonds. The van der Waals surface area contributed by atoms with Crippen LogP contribution in [-0.4, -0.2) is 6.61 Å². The van der Waals surface area contributed by atoms with Gasteiger partial charge in [-0.3, -0.25) is 0 Å². The van der Waals surface area contributed by atoms with Gasteiger partial charge in [-0.2, -0.15) is 0 Å². The Hall–Kier alpha value is -1.38. The molecule has 1 atom stereocenters. The third-order valence-corrected chi connectivity index (χ3v) is 3.88. The van der Waals surface area contributed by atoms with Crippen LogP contribution in [0.2, 0.25) is 0 Å². The van der Waals surface area contributed by atoms with E-state index in [0.29, 0.717) is 6.61 Å². The van der Waals surface area contributed by atoms with Gasteiger partial charge in [0, 0.05) is 10.0 Å². The first-order valence-electron chi connectivity index (χ1n) is 6.67. The van der Waals surface area contributed by atoms with Gasteiger partial charge in [-0.05, 0) is 30.2 Å². The minimum Gasteiger partial charge on any atom is -0.369 e. The number of rotatable bonds is 6. The molecule has 0 saturated heterocycles. The topological polar surface area (TPSA) is 9.23 Å². The summed E-state index contributed by atoms with van der Waals surface area (Å²) < 4.78 is 7.04. The molecule has 0 fully saturated rings. The number of fused-ring (bicyclic) bond motifs is 1. The molecule has 104 valence electrons. The smallest absolute Gasteiger partial charge is 0.0882 e. The summed E-state index contributed by atoms with van der Waals surface area (Å²) in [6.07, 6.45) is 2.58. The molecule has 0 heterocycles. The lowest BCUT2D eigenvalue weighted by Crippen LogP contribution is -2.07. The molecule has 0 N–H and O–H groups in total. The number of ether oxygens (including phenoxy) is 1. The average Bonchev–Trinajstić information content (AvgIpc) is 2.43. The monoisotopic (exact) mass is 330 g/mol. The molecule has 20 heavy (non-hydrogen) atoms. The number of hydrogen-bond donors (Lipinski definition) is 0. The SMILES string of the molecule is C=CCOC(CC(=C)C)c1c(Br)ccc2ccccc12. The second kappa shape index (κ2) is 6.87. The van der Waals surface area contributed by atoms with Gasteiger partial charge in [0.15, 0.2) is 0 Å². The van der Waals surface area contributed by atoms with Crippen molar-refractivity contribution in [2.45, 2.75) is 19.4 Å². The van der Waals surface area contributed by atoms with Crippen LogP contribution < -0.4 is 0 Å². The first-order valence-corrected chi connectivity index (χ1v) is 7.46. The Morgan fingerprint density at radius 1 is 1.30 bits per heavy atom. The molecule has 1 unspecified atom stereocenters. The first kappa shape index (κ1) is 15.0. The molecule has 0 spiro atoms. The molecule has 2 heteroatoms. The normalized spacial score (nSPS) is 12.3. The molecule has 0 aliphatic rings. The fourth-order valence-corrected chi connectivity index (χ4v) is 2.94. The van der Waals surface area contributed by atoms with E-state index >= 15 is 0 Å². The summed E-state index contributed by atoms with van der Waals surface area (Å²) in [5, 5.41) is 2.44. The number of hydrogen-bond acceptors (Lipinski definition) is 1. The van der Waals surface area contributed by atoms with Crippen molar-refractivity contribution in [2.24, 2.45) is 0 Å². The van der Waals surface area contributed by atoms with Crippen LogP contribution in [0.3, 0.4) is 0 Å². The van der Waals surface area contributed by atoms with Crippen molar-refractivity contribution in [1.82, 2.24) is 0 Å². The fraction of sp³-hybridized carbons (Fsp3) is 0.222. The zero-order valence-corrected chi connectivity index (χ0v) is 13.3. The van der Waals surface area contributed by atoms with Crippen LogP contribution in [-0.2, 0) is 4.74 Å². The molecule has 1 nitrogen and oxygen atoms in total. The van der Waals surface area contributed by atoms with Gasteiger partial charge < -0.3 is 4.74 Å². The summed E-state index contributed by atoms with van der Waals surface area (Å²) in [6, 6.07) is 12.6. The van der Waals surface area contributed by atoms with E-state index in [-0.39, 0.29) is 6.10 Å². The predicted molar refractivity (Wildman–Crippen MR) is 90.0 cm³/mol. The Morgan fingerprint density at radius 2 is 2.05 bits per heavy atom. The molecule has 0 radical (unpaired) electrons. The minimum atomic E-state index is -0.00836. The molecular weight excluding hydrogens is 312 g/mol. The van der Waals surface area contributed by atoms with Crippen LogP contribution in [0.25, 0.3) is 10.8 Å². The number of halogens is 1. The van der Waals surface area contributed by atoms with E-state index < -0.39 is 0 Å². The van der Waals surface area contributed by atoms with Gasteiger partial charge >= 0.3 is 0 Å². The van der Waals surface area contributed by atoms with Crippen molar-refractivity contribution in [1.29, 1.82) is 0 Å². The van der Waals surface area contributed by atoms with Crippen LogP contribution in [0, 0.1) is 0 Å². The Morgan fingerprint density at radius 3 is 2.75 bits per heavy atom. The molecule has 2 rings (SSSR count). The fourth-order valence-electron chi connectivity index (χ4n) is 2.34. The van der Waals surface area contributed by atoms with E-state index in [9.17, 15) is 0 Å². The second-order valence-corrected chi connectivity index (χ2v) is 5.81. The third kappa shape index (κ3) is 3.38. The summed E-state index contributed by atoms with van der Waals surface area (Å²) in [5.41, 5.74) is 2.30. The van der Waals surface area contributed by atoms with Gasteiger partial charge in [0.25, 0.3) is 0 Å². The average molecular weight is 331 g/mol. The van der Waals surface area contributed by atoms with Gasteiger partial charge in [-0.1, -0.05) is 57.9 Å². The highest BCUT2D eigenvalue weighted by atomic mass is 79.9. The predicted octanol–water partition coefficient (Wildman–Crippen LogP) is 5.81. The summed E-state index contributed by atoms with van der Waals surface area (Å²) in [7, 11) is 0. The van der Waals surface area contributed by atoms with E-state index in [4.69, 9.17) is 4.74 Å². The van der Waals surface area contributed by atoms with E-state index in [2.05, 4.69) is 65.5 Å². The zero-order chi connectivity index (χ0) is 14.5. The maximum Gasteiger partial charge on any atom is 0.0882 e. The molecule has 0 aliphatic carbocycles. The molecular formula is C18H19BrO. The Balaban J connectivity index is 2.52. The van der Waals surface area contributed by atoms with Crippen LogP contribution in [0.4, 0.5) is 0 Å². The van der Waals surface area contributed by atoms with Gasteiger partial charge in [-0.25, -0.2) is 0 Å². The van der Waals surface area contributed by atoms with Crippen molar-refractivity contribution in [2.75, 3.05) is 6.61 Å². The molecule has 0 aromatic heterocycles. The van der Waals surface area contributed by atoms with E-state index in [1.165, 1.54) is 16.3 Å². The first-order chi connectivity index (χ1) is 9.63. The van der Waals surface area contributed by atoms with Crippen molar-refractivity contribution in [3.8, 4) is 0 Å². The van der Waals surface area contributed by atoms with Crippen LogP contribution >= 0.6 is 15.9 Å². The lowest BCUT2D eigenvalue weighted by molar-refractivity contribution is 0.0752. The summed E-state index contributed by atoms with van der Waals surface area (Å²) in [4.78, 5) is 0. The standard InChI is InChI=1S/C18H19BrO/c1-4-11-20-17(12-13(2)3)18-15-8-6-5-7-14(15)9-10-16(18)19/h4-10,17H,1-2,11-12H2,3H3. The quantitative estimate of drug-likeness (QED) is 0.607. The maximum absolute atomic E-state index is 5.97. The van der Waals surface area contributed by atoms with Crippen LogP contribution in [0.1, 0.15) is 25.0 Å². The second-order valence-electron chi connectivity index (χ2n) is 4.95. The summed E-state index contributed by atoms with van der Waals surface area (Å²) >= 11 is 3.66. The highest BCUT2D eigenvalue weighted by Crippen LogP contribution is 2.36. The Labute approximate surface area is 129 Å². The summed E-state index contributed by atoms with van der Waals surface area (Å²) in [5.74, 6) is 0. The molecule has 0 bridgehead atoms. The van der Waals surface area contributed by atoms with Crippen molar-refractivity contribution in [3.63, 3.8) is 0 Å². The van der Waals surface area contributed by atoms with Crippen LogP contribution in [0.15, 0.2) is 65.7 Å². The molecule has 0 aliphatic heterocycles. The molecule has 2 aromatic carbocycles. The van der Waals surface area contributed by atoms with Crippen molar-refractivity contribution < 1.29 is 4.74 Å². The lowest BCUT2D eigenvalue weighted by atomic mass is 9.96. The van der Waals surface area contributed by atoms with E-state index in [0.717, 1.165) is 16.5 Å². The third-order valence-electron chi connectivity index (χ3n) is 3.19. The summed E-state index contributed by atoms with van der Waals surface area (Å²) in [6.45, 7) is 10.3. The Bertz CT molecular complexity index is 630. The van der Waals surface area contributed by atoms with Crippen molar-refractivity contribution in [3.05, 3.63) is 71.2 Å². The van der Waals surface area contributed by atoms with Gasteiger partial charge in [0.1, 0.15) is 0 Å². The van der Waals surface area contributed by atoms with E-state index in [1.807, 2.05) is 6.92 Å². The molecule has 0 saturated carbocycles. The maximum atomic E-state index is 5.97. The van der Waals surface area contributed by atoms with Gasteiger partial charge in [0.05, 0.1) is 12.7 Å². The Kier molecular flexibility index (Phi) is 5.16. The van der Waals surface area contributed by atoms with Gasteiger partial charge in [0.2, 0.25) is 0 Å². The van der Waals surface area contributed by atoms with Gasteiger partial charge in [-0.15, -0.1) is 13.2 Å². The van der Waals surface area contributed by atoms with Crippen LogP contribution in [0.5, 0.6) is 0 Å².